The summed E-state index contributed by atoms with van der Waals surface area (Å²) >= 11 is 0. The molecule has 4 heteroatoms. The number of hydrogen-bond acceptors (Lipinski definition) is 3. The molecule has 0 bridgehead atoms. The van der Waals surface area contributed by atoms with Crippen molar-refractivity contribution in [3.05, 3.63) is 0 Å². The van der Waals surface area contributed by atoms with Gasteiger partial charge in [0.15, 0.2) is 0 Å². The zero-order valence-corrected chi connectivity index (χ0v) is 12.0. The number of carbonyl (C=O) groups is 1. The van der Waals surface area contributed by atoms with E-state index in [1.165, 1.54) is 32.1 Å². The maximum atomic E-state index is 12.2. The summed E-state index contributed by atoms with van der Waals surface area (Å²) in [6.45, 7) is 4.83. The lowest BCUT2D eigenvalue weighted by Gasteiger charge is -2.48. The molecule has 0 aromatic carbocycles. The number of nitrogens with one attached hydrogen (secondary N) is 1. The Labute approximate surface area is 111 Å². The summed E-state index contributed by atoms with van der Waals surface area (Å²) in [7, 11) is 4.29. The lowest BCUT2D eigenvalue weighted by molar-refractivity contribution is -0.132. The number of likely N-dealkylation sites (tertiary alicyclic amines) is 1. The molecule has 0 radical (unpaired) electrons. The molecule has 2 rings (SSSR count). The number of hydrogen-bond donors (Lipinski definition) is 1. The summed E-state index contributed by atoms with van der Waals surface area (Å²) < 4.78 is 0. The first kappa shape index (κ1) is 13.8. The Hall–Kier alpha value is -0.610. The molecule has 0 spiro atoms. The van der Waals surface area contributed by atoms with Crippen molar-refractivity contribution in [2.75, 3.05) is 33.7 Å². The quantitative estimate of drug-likeness (QED) is 0.796. The molecule has 4 nitrogen and oxygen atoms in total. The molecule has 1 atom stereocenters. The standard InChI is InChI=1S/C14H27N3O/c1-12(13(18)17-9-4-5-10-17)15-11-14(16(2)3)7-6-8-14/h12,15H,4-11H2,1-3H3. The Morgan fingerprint density at radius 2 is 1.89 bits per heavy atom. The minimum Gasteiger partial charge on any atom is -0.341 e. The van der Waals surface area contributed by atoms with Crippen LogP contribution < -0.4 is 5.32 Å². The molecular weight excluding hydrogens is 226 g/mol. The smallest absolute Gasteiger partial charge is 0.239 e. The third-order valence-electron chi connectivity index (χ3n) is 4.76. The van der Waals surface area contributed by atoms with Crippen LogP contribution >= 0.6 is 0 Å². The number of carbonyl (C=O) groups excluding carboxylic acids is 1. The zero-order valence-electron chi connectivity index (χ0n) is 12.0. The van der Waals surface area contributed by atoms with Crippen LogP contribution in [0.3, 0.4) is 0 Å². The van der Waals surface area contributed by atoms with Crippen molar-refractivity contribution in [3.63, 3.8) is 0 Å². The molecule has 18 heavy (non-hydrogen) atoms. The van der Waals surface area contributed by atoms with Gasteiger partial charge in [-0.2, -0.15) is 0 Å². The molecule has 2 aliphatic rings. The van der Waals surface area contributed by atoms with Crippen LogP contribution in [0.4, 0.5) is 0 Å². The molecule has 104 valence electrons. The molecule has 1 amide bonds. The topological polar surface area (TPSA) is 35.6 Å². The van der Waals surface area contributed by atoms with Gasteiger partial charge in [-0.25, -0.2) is 0 Å². The third-order valence-corrected chi connectivity index (χ3v) is 4.76. The van der Waals surface area contributed by atoms with Gasteiger partial charge in [0.1, 0.15) is 0 Å². The predicted molar refractivity (Wildman–Crippen MR) is 73.5 cm³/mol. The van der Waals surface area contributed by atoms with Crippen LogP contribution in [-0.2, 0) is 4.79 Å². The van der Waals surface area contributed by atoms with Crippen LogP contribution in [0.25, 0.3) is 0 Å². The van der Waals surface area contributed by atoms with Crippen molar-refractivity contribution in [2.45, 2.75) is 50.6 Å². The fourth-order valence-electron chi connectivity index (χ4n) is 3.01. The molecule has 0 aromatic rings. The fourth-order valence-corrected chi connectivity index (χ4v) is 3.01. The SMILES string of the molecule is CC(NCC1(N(C)C)CCC1)C(=O)N1CCCC1. The number of nitrogens with zero attached hydrogens (tertiary/aromatic N) is 2. The Balaban J connectivity index is 1.80. The van der Waals surface area contributed by atoms with Gasteiger partial charge >= 0.3 is 0 Å². The lowest BCUT2D eigenvalue weighted by Crippen LogP contribution is -2.59. The summed E-state index contributed by atoms with van der Waals surface area (Å²) in [4.78, 5) is 16.5. The van der Waals surface area contributed by atoms with Crippen molar-refractivity contribution in [2.24, 2.45) is 0 Å². The van der Waals surface area contributed by atoms with Crippen molar-refractivity contribution < 1.29 is 4.79 Å². The molecular formula is C14H27N3O. The summed E-state index contributed by atoms with van der Waals surface area (Å²) in [5, 5.41) is 3.45. The van der Waals surface area contributed by atoms with E-state index < -0.39 is 0 Å². The van der Waals surface area contributed by atoms with Crippen molar-refractivity contribution in [3.8, 4) is 0 Å². The predicted octanol–water partition coefficient (Wildman–Crippen LogP) is 1.07. The highest BCUT2D eigenvalue weighted by atomic mass is 16.2. The van der Waals surface area contributed by atoms with E-state index in [1.54, 1.807) is 0 Å². The molecule has 1 saturated carbocycles. The van der Waals surface area contributed by atoms with Gasteiger partial charge in [0.05, 0.1) is 6.04 Å². The first-order valence-electron chi connectivity index (χ1n) is 7.25. The van der Waals surface area contributed by atoms with Crippen molar-refractivity contribution in [1.29, 1.82) is 0 Å². The van der Waals surface area contributed by atoms with E-state index in [2.05, 4.69) is 24.3 Å². The number of likely N-dealkylation sites (N-methyl/N-ethyl adjacent to an activating group) is 1. The molecule has 1 unspecified atom stereocenters. The van der Waals surface area contributed by atoms with Gasteiger partial charge in [0.25, 0.3) is 0 Å². The van der Waals surface area contributed by atoms with E-state index in [4.69, 9.17) is 0 Å². The molecule has 1 N–H and O–H groups in total. The molecule has 1 aliphatic heterocycles. The highest BCUT2D eigenvalue weighted by Crippen LogP contribution is 2.35. The van der Waals surface area contributed by atoms with Crippen molar-refractivity contribution >= 4 is 5.91 Å². The zero-order chi connectivity index (χ0) is 13.2. The summed E-state index contributed by atoms with van der Waals surface area (Å²) in [5.74, 6) is 0.278. The van der Waals surface area contributed by atoms with E-state index in [0.29, 0.717) is 5.54 Å². The average molecular weight is 253 g/mol. The van der Waals surface area contributed by atoms with E-state index >= 15 is 0 Å². The monoisotopic (exact) mass is 253 g/mol. The van der Waals surface area contributed by atoms with Crippen LogP contribution in [0.15, 0.2) is 0 Å². The largest absolute Gasteiger partial charge is 0.341 e. The normalized spacial score (nSPS) is 24.1. The van der Waals surface area contributed by atoms with Gasteiger partial charge in [-0.05, 0) is 53.1 Å². The van der Waals surface area contributed by atoms with E-state index in [-0.39, 0.29) is 11.9 Å². The first-order chi connectivity index (χ1) is 8.55. The van der Waals surface area contributed by atoms with E-state index in [1.807, 2.05) is 11.8 Å². The van der Waals surface area contributed by atoms with Crippen LogP contribution in [-0.4, -0.2) is 61.0 Å². The van der Waals surface area contributed by atoms with Gasteiger partial charge in [-0.15, -0.1) is 0 Å². The molecule has 2 fully saturated rings. The van der Waals surface area contributed by atoms with Crippen molar-refractivity contribution in [1.82, 2.24) is 15.1 Å². The van der Waals surface area contributed by atoms with Crippen LogP contribution in [0, 0.1) is 0 Å². The maximum Gasteiger partial charge on any atom is 0.239 e. The summed E-state index contributed by atoms with van der Waals surface area (Å²) in [6, 6.07) is -0.0412. The van der Waals surface area contributed by atoms with Gasteiger partial charge in [-0.3, -0.25) is 4.79 Å². The highest BCUT2D eigenvalue weighted by Gasteiger charge is 2.39. The Kier molecular flexibility index (Phi) is 4.28. The molecule has 1 saturated heterocycles. The first-order valence-corrected chi connectivity index (χ1v) is 7.25. The second kappa shape index (κ2) is 5.57. The van der Waals surface area contributed by atoms with Gasteiger partial charge in [-0.1, -0.05) is 0 Å². The minimum atomic E-state index is -0.0412. The lowest BCUT2D eigenvalue weighted by atomic mass is 9.75. The second-order valence-corrected chi connectivity index (χ2v) is 6.11. The Bertz CT molecular complexity index is 293. The highest BCUT2D eigenvalue weighted by molar-refractivity contribution is 5.81. The Morgan fingerprint density at radius 1 is 1.28 bits per heavy atom. The second-order valence-electron chi connectivity index (χ2n) is 6.11. The van der Waals surface area contributed by atoms with Crippen LogP contribution in [0.5, 0.6) is 0 Å². The fraction of sp³-hybridized carbons (Fsp3) is 0.929. The van der Waals surface area contributed by atoms with Crippen LogP contribution in [0.2, 0.25) is 0 Å². The molecule has 1 heterocycles. The summed E-state index contributed by atoms with van der Waals surface area (Å²) in [6.07, 6.45) is 6.14. The van der Waals surface area contributed by atoms with Gasteiger partial charge < -0.3 is 15.1 Å². The Morgan fingerprint density at radius 3 is 2.33 bits per heavy atom. The maximum absolute atomic E-state index is 12.2. The minimum absolute atomic E-state index is 0.0412. The van der Waals surface area contributed by atoms with Crippen LogP contribution in [0.1, 0.15) is 39.0 Å². The summed E-state index contributed by atoms with van der Waals surface area (Å²) in [5.41, 5.74) is 0.291. The van der Waals surface area contributed by atoms with Gasteiger partial charge in [0.2, 0.25) is 5.91 Å². The van der Waals surface area contributed by atoms with Gasteiger partial charge in [0, 0.05) is 25.2 Å². The third kappa shape index (κ3) is 2.69. The molecule has 1 aliphatic carbocycles. The average Bonchev–Trinajstić information content (AvgIpc) is 2.79. The molecule has 0 aromatic heterocycles. The van der Waals surface area contributed by atoms with E-state index in [0.717, 1.165) is 19.6 Å². The number of rotatable bonds is 5. The van der Waals surface area contributed by atoms with E-state index in [9.17, 15) is 4.79 Å². The number of amides is 1.